The summed E-state index contributed by atoms with van der Waals surface area (Å²) in [6.45, 7) is 0. The van der Waals surface area contributed by atoms with Crippen molar-refractivity contribution in [3.05, 3.63) is 114 Å². The molecule has 0 bridgehead atoms. The standard InChI is InChI=1S/C25H15F2N5O2/c26-17-3-1-2-16(10-17)25(34)30-18-5-6-20(27)19(12-18)24(33)15-4-7-21-22(11-15)31-23(13-29-21)32-9-8-28-14-32/h1-14H,(H,30,34). The van der Waals surface area contributed by atoms with Crippen molar-refractivity contribution in [2.24, 2.45) is 0 Å². The lowest BCUT2D eigenvalue weighted by Gasteiger charge is -2.09. The Morgan fingerprint density at radius 1 is 0.912 bits per heavy atom. The van der Waals surface area contributed by atoms with E-state index in [0.29, 0.717) is 16.9 Å². The van der Waals surface area contributed by atoms with Crippen LogP contribution >= 0.6 is 0 Å². The van der Waals surface area contributed by atoms with E-state index in [9.17, 15) is 18.4 Å². The van der Waals surface area contributed by atoms with Gasteiger partial charge in [-0.05, 0) is 54.6 Å². The summed E-state index contributed by atoms with van der Waals surface area (Å²) in [6.07, 6.45) is 6.47. The number of carbonyl (C=O) groups excluding carboxylic acids is 2. The number of nitrogens with one attached hydrogen (secondary N) is 1. The summed E-state index contributed by atoms with van der Waals surface area (Å²) >= 11 is 0. The molecule has 0 atom stereocenters. The maximum Gasteiger partial charge on any atom is 0.255 e. The Labute approximate surface area is 191 Å². The highest BCUT2D eigenvalue weighted by atomic mass is 19.1. The molecule has 9 heteroatoms. The third kappa shape index (κ3) is 4.14. The number of hydrogen-bond acceptors (Lipinski definition) is 5. The van der Waals surface area contributed by atoms with Crippen molar-refractivity contribution in [2.75, 3.05) is 5.32 Å². The first-order valence-electron chi connectivity index (χ1n) is 10.1. The molecular formula is C25H15F2N5O2. The Kier molecular flexibility index (Phi) is 5.35. The van der Waals surface area contributed by atoms with Crippen LogP contribution in [0.5, 0.6) is 0 Å². The number of ketones is 1. The van der Waals surface area contributed by atoms with Gasteiger partial charge in [0.2, 0.25) is 0 Å². The largest absolute Gasteiger partial charge is 0.322 e. The number of benzene rings is 3. The molecule has 0 saturated carbocycles. The van der Waals surface area contributed by atoms with Crippen LogP contribution in [-0.2, 0) is 0 Å². The summed E-state index contributed by atoms with van der Waals surface area (Å²) in [7, 11) is 0. The Bertz CT molecular complexity index is 1550. The predicted molar refractivity (Wildman–Crippen MR) is 121 cm³/mol. The predicted octanol–water partition coefficient (Wildman–Crippen LogP) is 4.58. The Morgan fingerprint density at radius 2 is 1.79 bits per heavy atom. The maximum atomic E-state index is 14.6. The maximum absolute atomic E-state index is 14.6. The summed E-state index contributed by atoms with van der Waals surface area (Å²) < 4.78 is 29.6. The van der Waals surface area contributed by atoms with Crippen LogP contribution in [0.25, 0.3) is 16.9 Å². The minimum atomic E-state index is -0.743. The van der Waals surface area contributed by atoms with Gasteiger partial charge in [-0.2, -0.15) is 0 Å². The van der Waals surface area contributed by atoms with Crippen LogP contribution in [0.3, 0.4) is 0 Å². The lowest BCUT2D eigenvalue weighted by atomic mass is 10.0. The number of anilines is 1. The van der Waals surface area contributed by atoms with Gasteiger partial charge in [-0.1, -0.05) is 6.07 Å². The highest BCUT2D eigenvalue weighted by Gasteiger charge is 2.17. The van der Waals surface area contributed by atoms with Crippen LogP contribution in [0, 0.1) is 11.6 Å². The Morgan fingerprint density at radius 3 is 2.59 bits per heavy atom. The van der Waals surface area contributed by atoms with Gasteiger partial charge >= 0.3 is 0 Å². The molecule has 2 aromatic heterocycles. The number of fused-ring (bicyclic) bond motifs is 1. The van der Waals surface area contributed by atoms with Crippen LogP contribution < -0.4 is 5.32 Å². The van der Waals surface area contributed by atoms with Crippen LogP contribution in [0.4, 0.5) is 14.5 Å². The summed E-state index contributed by atoms with van der Waals surface area (Å²) in [4.78, 5) is 38.3. The molecule has 0 aliphatic rings. The highest BCUT2D eigenvalue weighted by Crippen LogP contribution is 2.22. The Hall–Kier alpha value is -4.79. The van der Waals surface area contributed by atoms with Crippen molar-refractivity contribution < 1.29 is 18.4 Å². The molecule has 1 N–H and O–H groups in total. The van der Waals surface area contributed by atoms with Crippen LogP contribution in [0.15, 0.2) is 85.6 Å². The first kappa shape index (κ1) is 21.1. The number of imidazole rings is 1. The molecule has 0 saturated heterocycles. The molecule has 7 nitrogen and oxygen atoms in total. The number of aromatic nitrogens is 4. The van der Waals surface area contributed by atoms with E-state index in [1.54, 1.807) is 35.6 Å². The normalized spacial score (nSPS) is 10.9. The van der Waals surface area contributed by atoms with E-state index in [1.165, 1.54) is 42.5 Å². The van der Waals surface area contributed by atoms with Crippen molar-refractivity contribution in [3.63, 3.8) is 0 Å². The fraction of sp³-hybridized carbons (Fsp3) is 0. The molecule has 0 spiro atoms. The van der Waals surface area contributed by atoms with Crippen molar-refractivity contribution in [3.8, 4) is 5.82 Å². The quantitative estimate of drug-likeness (QED) is 0.392. The van der Waals surface area contributed by atoms with Gasteiger partial charge in [0.25, 0.3) is 5.91 Å². The second kappa shape index (κ2) is 8.62. The van der Waals surface area contributed by atoms with E-state index >= 15 is 0 Å². The van der Waals surface area contributed by atoms with E-state index < -0.39 is 23.3 Å². The van der Waals surface area contributed by atoms with E-state index in [1.807, 2.05) is 0 Å². The molecule has 3 aromatic carbocycles. The molecule has 0 aliphatic carbocycles. The van der Waals surface area contributed by atoms with Gasteiger partial charge < -0.3 is 5.32 Å². The van der Waals surface area contributed by atoms with Crippen LogP contribution in [0.1, 0.15) is 26.3 Å². The van der Waals surface area contributed by atoms with Gasteiger partial charge in [-0.15, -0.1) is 0 Å². The number of nitrogens with zero attached hydrogens (tertiary/aromatic N) is 4. The summed E-state index contributed by atoms with van der Waals surface area (Å²) in [5, 5.41) is 2.56. The van der Waals surface area contributed by atoms with Crippen molar-refractivity contribution in [1.29, 1.82) is 0 Å². The zero-order valence-corrected chi connectivity index (χ0v) is 17.4. The second-order valence-corrected chi connectivity index (χ2v) is 7.39. The topological polar surface area (TPSA) is 89.8 Å². The van der Waals surface area contributed by atoms with Gasteiger partial charge in [-0.25, -0.2) is 18.7 Å². The Balaban J connectivity index is 1.45. The summed E-state index contributed by atoms with van der Waals surface area (Å²) in [5.41, 5.74) is 1.29. The zero-order valence-electron chi connectivity index (χ0n) is 17.4. The molecule has 0 fully saturated rings. The van der Waals surface area contributed by atoms with Crippen molar-refractivity contribution in [2.45, 2.75) is 0 Å². The number of rotatable bonds is 5. The molecule has 0 aliphatic heterocycles. The van der Waals surface area contributed by atoms with Gasteiger partial charge in [0.05, 0.1) is 22.8 Å². The lowest BCUT2D eigenvalue weighted by Crippen LogP contribution is -2.13. The smallest absolute Gasteiger partial charge is 0.255 e. The molecule has 0 unspecified atom stereocenters. The lowest BCUT2D eigenvalue weighted by molar-refractivity contribution is 0.101. The fourth-order valence-electron chi connectivity index (χ4n) is 3.43. The molecule has 166 valence electrons. The molecule has 5 rings (SSSR count). The average molecular weight is 455 g/mol. The van der Waals surface area contributed by atoms with Gasteiger partial charge in [0, 0.05) is 29.2 Å². The number of hydrogen-bond donors (Lipinski definition) is 1. The van der Waals surface area contributed by atoms with Crippen molar-refractivity contribution in [1.82, 2.24) is 19.5 Å². The van der Waals surface area contributed by atoms with Crippen LogP contribution in [-0.4, -0.2) is 31.2 Å². The van der Waals surface area contributed by atoms with Gasteiger partial charge in [-0.3, -0.25) is 19.1 Å². The molecule has 2 heterocycles. The molecule has 1 amide bonds. The molecule has 5 aromatic rings. The second-order valence-electron chi connectivity index (χ2n) is 7.39. The SMILES string of the molecule is O=C(Nc1ccc(F)c(C(=O)c2ccc3ncc(-n4ccnc4)nc3c2)c1)c1cccc(F)c1. The van der Waals surface area contributed by atoms with Crippen molar-refractivity contribution >= 4 is 28.4 Å². The average Bonchev–Trinajstić information content (AvgIpc) is 3.39. The fourth-order valence-corrected chi connectivity index (χ4v) is 3.43. The third-order valence-corrected chi connectivity index (χ3v) is 5.12. The summed E-state index contributed by atoms with van der Waals surface area (Å²) in [6, 6.07) is 13.5. The molecule has 0 radical (unpaired) electrons. The first-order chi connectivity index (χ1) is 16.5. The highest BCUT2D eigenvalue weighted by molar-refractivity contribution is 6.11. The number of carbonyl (C=O) groups is 2. The minimum Gasteiger partial charge on any atom is -0.322 e. The van der Waals surface area contributed by atoms with E-state index in [-0.39, 0.29) is 22.4 Å². The van der Waals surface area contributed by atoms with E-state index in [4.69, 9.17) is 0 Å². The van der Waals surface area contributed by atoms with E-state index in [2.05, 4.69) is 20.3 Å². The van der Waals surface area contributed by atoms with E-state index in [0.717, 1.165) is 12.1 Å². The third-order valence-electron chi connectivity index (χ3n) is 5.12. The molecular weight excluding hydrogens is 440 g/mol. The van der Waals surface area contributed by atoms with Gasteiger partial charge in [0.15, 0.2) is 11.6 Å². The number of amides is 1. The zero-order chi connectivity index (χ0) is 23.7. The molecule has 34 heavy (non-hydrogen) atoms. The van der Waals surface area contributed by atoms with Crippen LogP contribution in [0.2, 0.25) is 0 Å². The monoisotopic (exact) mass is 455 g/mol. The number of halogens is 2. The summed E-state index contributed by atoms with van der Waals surface area (Å²) in [5.74, 6) is -1.96. The first-order valence-corrected chi connectivity index (χ1v) is 10.1. The van der Waals surface area contributed by atoms with Gasteiger partial charge in [0.1, 0.15) is 18.0 Å². The minimum absolute atomic E-state index is 0.0963.